The summed E-state index contributed by atoms with van der Waals surface area (Å²) < 4.78 is 10.9. The average molecular weight is 455 g/mol. The van der Waals surface area contributed by atoms with E-state index in [0.29, 0.717) is 19.7 Å². The summed E-state index contributed by atoms with van der Waals surface area (Å²) in [6, 6.07) is 16.0. The molecule has 0 aliphatic heterocycles. The summed E-state index contributed by atoms with van der Waals surface area (Å²) in [4.78, 5) is 4.21. The highest BCUT2D eigenvalue weighted by atomic mass is 127. The maximum absolute atomic E-state index is 5.71. The lowest BCUT2D eigenvalue weighted by atomic mass is 10.2. The molecule has 0 spiro atoms. The smallest absolute Gasteiger partial charge is 0.191 e. The number of nitrogens with one attached hydrogen (secondary N) is 2. The van der Waals surface area contributed by atoms with E-state index >= 15 is 0 Å². The third kappa shape index (κ3) is 7.64. The number of rotatable bonds is 7. The Hall–Kier alpha value is -1.96. The predicted octanol–water partition coefficient (Wildman–Crippen LogP) is 3.37. The van der Waals surface area contributed by atoms with Gasteiger partial charge in [0, 0.05) is 13.6 Å². The molecular formula is C19H26IN3O2. The van der Waals surface area contributed by atoms with Crippen LogP contribution in [0.15, 0.2) is 53.5 Å². The van der Waals surface area contributed by atoms with E-state index in [1.165, 1.54) is 5.56 Å². The zero-order chi connectivity index (χ0) is 17.2. The van der Waals surface area contributed by atoms with Crippen molar-refractivity contribution in [3.63, 3.8) is 0 Å². The molecule has 0 aliphatic rings. The number of hydrogen-bond acceptors (Lipinski definition) is 3. The van der Waals surface area contributed by atoms with Crippen LogP contribution < -0.4 is 20.1 Å². The first-order chi connectivity index (χ1) is 11.7. The second-order valence-electron chi connectivity index (χ2n) is 5.37. The van der Waals surface area contributed by atoms with Crippen LogP contribution in [0.25, 0.3) is 0 Å². The molecule has 0 unspecified atom stereocenters. The van der Waals surface area contributed by atoms with Crippen molar-refractivity contribution in [3.05, 3.63) is 59.7 Å². The van der Waals surface area contributed by atoms with Crippen LogP contribution in [0, 0.1) is 6.92 Å². The van der Waals surface area contributed by atoms with Gasteiger partial charge in [0.05, 0.1) is 13.7 Å². The van der Waals surface area contributed by atoms with Gasteiger partial charge in [-0.1, -0.05) is 24.3 Å². The van der Waals surface area contributed by atoms with Crippen LogP contribution in [0.2, 0.25) is 0 Å². The Labute approximate surface area is 166 Å². The molecule has 2 aromatic carbocycles. The van der Waals surface area contributed by atoms with Gasteiger partial charge in [0.1, 0.15) is 18.1 Å². The Morgan fingerprint density at radius 2 is 1.80 bits per heavy atom. The lowest BCUT2D eigenvalue weighted by Crippen LogP contribution is -2.38. The van der Waals surface area contributed by atoms with Gasteiger partial charge in [-0.3, -0.25) is 4.99 Å². The third-order valence-corrected chi connectivity index (χ3v) is 3.50. The van der Waals surface area contributed by atoms with Crippen molar-refractivity contribution >= 4 is 29.9 Å². The summed E-state index contributed by atoms with van der Waals surface area (Å²) in [7, 11) is 3.42. The quantitative estimate of drug-likeness (QED) is 0.291. The zero-order valence-corrected chi connectivity index (χ0v) is 17.2. The molecule has 0 heterocycles. The number of hydrogen-bond donors (Lipinski definition) is 2. The molecule has 0 amide bonds. The minimum Gasteiger partial charge on any atom is -0.497 e. The van der Waals surface area contributed by atoms with Gasteiger partial charge in [-0.05, 0) is 42.3 Å². The molecule has 0 atom stereocenters. The molecule has 0 bridgehead atoms. The van der Waals surface area contributed by atoms with E-state index in [1.54, 1.807) is 14.2 Å². The normalized spacial score (nSPS) is 10.6. The van der Waals surface area contributed by atoms with E-state index < -0.39 is 0 Å². The van der Waals surface area contributed by atoms with Crippen molar-refractivity contribution in [1.82, 2.24) is 10.6 Å². The molecule has 0 aliphatic carbocycles. The molecule has 6 heteroatoms. The van der Waals surface area contributed by atoms with E-state index in [9.17, 15) is 0 Å². The van der Waals surface area contributed by atoms with Crippen molar-refractivity contribution in [1.29, 1.82) is 0 Å². The molecule has 25 heavy (non-hydrogen) atoms. The van der Waals surface area contributed by atoms with Gasteiger partial charge in [-0.2, -0.15) is 0 Å². The third-order valence-electron chi connectivity index (χ3n) is 3.50. The molecule has 0 saturated heterocycles. The van der Waals surface area contributed by atoms with Crippen LogP contribution in [-0.2, 0) is 6.54 Å². The average Bonchev–Trinajstić information content (AvgIpc) is 2.61. The molecule has 5 nitrogen and oxygen atoms in total. The Kier molecular flexibility index (Phi) is 9.76. The summed E-state index contributed by atoms with van der Waals surface area (Å²) >= 11 is 0. The van der Waals surface area contributed by atoms with Gasteiger partial charge < -0.3 is 20.1 Å². The predicted molar refractivity (Wildman–Crippen MR) is 113 cm³/mol. The Morgan fingerprint density at radius 3 is 2.44 bits per heavy atom. The first-order valence-corrected chi connectivity index (χ1v) is 7.98. The lowest BCUT2D eigenvalue weighted by molar-refractivity contribution is 0.321. The Balaban J connectivity index is 0.00000312. The van der Waals surface area contributed by atoms with Crippen LogP contribution in [-0.4, -0.2) is 33.3 Å². The fourth-order valence-corrected chi connectivity index (χ4v) is 2.19. The van der Waals surface area contributed by atoms with Gasteiger partial charge in [0.2, 0.25) is 0 Å². The van der Waals surface area contributed by atoms with Gasteiger partial charge in [-0.15, -0.1) is 24.0 Å². The molecule has 0 saturated carbocycles. The number of halogens is 1. The summed E-state index contributed by atoms with van der Waals surface area (Å²) in [5.74, 6) is 2.49. The lowest BCUT2D eigenvalue weighted by Gasteiger charge is -2.13. The van der Waals surface area contributed by atoms with E-state index in [-0.39, 0.29) is 24.0 Å². The molecular weight excluding hydrogens is 429 g/mol. The Bertz CT molecular complexity index is 660. The summed E-state index contributed by atoms with van der Waals surface area (Å²) in [6.07, 6.45) is 0. The van der Waals surface area contributed by atoms with Crippen molar-refractivity contribution in [3.8, 4) is 11.5 Å². The Morgan fingerprint density at radius 1 is 1.04 bits per heavy atom. The van der Waals surface area contributed by atoms with Crippen LogP contribution in [0.1, 0.15) is 11.1 Å². The van der Waals surface area contributed by atoms with Gasteiger partial charge in [0.15, 0.2) is 5.96 Å². The number of methoxy groups -OCH3 is 1. The van der Waals surface area contributed by atoms with Crippen LogP contribution in [0.3, 0.4) is 0 Å². The van der Waals surface area contributed by atoms with E-state index in [4.69, 9.17) is 9.47 Å². The number of benzene rings is 2. The van der Waals surface area contributed by atoms with Crippen molar-refractivity contribution < 1.29 is 9.47 Å². The van der Waals surface area contributed by atoms with Crippen molar-refractivity contribution in [2.75, 3.05) is 27.3 Å². The fourth-order valence-electron chi connectivity index (χ4n) is 2.19. The molecule has 2 aromatic rings. The number of aliphatic imine (C=N–C) groups is 1. The second-order valence-corrected chi connectivity index (χ2v) is 5.37. The summed E-state index contributed by atoms with van der Waals surface area (Å²) in [5, 5.41) is 6.51. The van der Waals surface area contributed by atoms with Crippen LogP contribution >= 0.6 is 24.0 Å². The van der Waals surface area contributed by atoms with Gasteiger partial charge in [-0.25, -0.2) is 0 Å². The van der Waals surface area contributed by atoms with Crippen LogP contribution in [0.4, 0.5) is 0 Å². The maximum atomic E-state index is 5.71. The molecule has 2 N–H and O–H groups in total. The van der Waals surface area contributed by atoms with E-state index in [2.05, 4.69) is 28.6 Å². The molecule has 0 aromatic heterocycles. The number of ether oxygens (including phenoxy) is 2. The topological polar surface area (TPSA) is 54.9 Å². The second kappa shape index (κ2) is 11.6. The molecule has 2 rings (SSSR count). The number of nitrogens with zero attached hydrogens (tertiary/aromatic N) is 1. The number of aryl methyl sites for hydroxylation is 1. The molecule has 136 valence electrons. The standard InChI is InChI=1S/C19H25N3O2.HI/c1-15-5-4-6-18(13-15)24-12-11-21-19(20-2)22-14-16-7-9-17(23-3)10-8-16;/h4-10,13H,11-12,14H2,1-3H3,(H2,20,21,22);1H. The first kappa shape index (κ1) is 21.1. The molecule has 0 fully saturated rings. The van der Waals surface area contributed by atoms with Crippen LogP contribution in [0.5, 0.6) is 11.5 Å². The van der Waals surface area contributed by atoms with Crippen molar-refractivity contribution in [2.24, 2.45) is 4.99 Å². The summed E-state index contributed by atoms with van der Waals surface area (Å²) in [6.45, 7) is 4.00. The SMILES string of the molecule is CN=C(NCCOc1cccc(C)c1)NCc1ccc(OC)cc1.I. The largest absolute Gasteiger partial charge is 0.497 e. The first-order valence-electron chi connectivity index (χ1n) is 7.98. The minimum atomic E-state index is 0. The van der Waals surface area contributed by atoms with E-state index in [0.717, 1.165) is 23.0 Å². The highest BCUT2D eigenvalue weighted by molar-refractivity contribution is 14.0. The highest BCUT2D eigenvalue weighted by Crippen LogP contribution is 2.12. The fraction of sp³-hybridized carbons (Fsp3) is 0.316. The maximum Gasteiger partial charge on any atom is 0.191 e. The monoisotopic (exact) mass is 455 g/mol. The summed E-state index contributed by atoms with van der Waals surface area (Å²) in [5.41, 5.74) is 2.35. The molecule has 0 radical (unpaired) electrons. The number of guanidine groups is 1. The van der Waals surface area contributed by atoms with Gasteiger partial charge >= 0.3 is 0 Å². The highest BCUT2D eigenvalue weighted by Gasteiger charge is 1.99. The van der Waals surface area contributed by atoms with E-state index in [1.807, 2.05) is 42.5 Å². The zero-order valence-electron chi connectivity index (χ0n) is 14.9. The minimum absolute atomic E-state index is 0. The van der Waals surface area contributed by atoms with Gasteiger partial charge in [0.25, 0.3) is 0 Å². The van der Waals surface area contributed by atoms with Crippen molar-refractivity contribution in [2.45, 2.75) is 13.5 Å².